The highest BCUT2D eigenvalue weighted by Crippen LogP contribution is 2.37. The van der Waals surface area contributed by atoms with Gasteiger partial charge in [0.05, 0.1) is 18.7 Å². The Labute approximate surface area is 198 Å². The Bertz CT molecular complexity index is 1060. The molecule has 1 N–H and O–H groups in total. The average molecular weight is 473 g/mol. The van der Waals surface area contributed by atoms with Crippen LogP contribution in [0.25, 0.3) is 0 Å². The van der Waals surface area contributed by atoms with E-state index in [1.54, 1.807) is 25.7 Å². The van der Waals surface area contributed by atoms with Crippen molar-refractivity contribution in [2.75, 3.05) is 13.2 Å². The highest BCUT2D eigenvalue weighted by atomic mass is 19.1. The minimum absolute atomic E-state index is 0.176. The van der Waals surface area contributed by atoms with E-state index in [1.807, 2.05) is 24.3 Å². The first-order valence-electron chi connectivity index (χ1n) is 11.6. The van der Waals surface area contributed by atoms with Gasteiger partial charge in [0.2, 0.25) is 0 Å². The maximum atomic E-state index is 14.8. The van der Waals surface area contributed by atoms with Crippen molar-refractivity contribution < 1.29 is 27.8 Å². The Morgan fingerprint density at radius 3 is 2.53 bits per heavy atom. The molecule has 0 aliphatic carbocycles. The molecule has 2 heterocycles. The van der Waals surface area contributed by atoms with Crippen LogP contribution in [-0.4, -0.2) is 47.8 Å². The van der Waals surface area contributed by atoms with Crippen molar-refractivity contribution in [2.45, 2.75) is 63.8 Å². The molecule has 8 heteroatoms. The Hall–Kier alpha value is -3.00. The molecule has 182 valence electrons. The van der Waals surface area contributed by atoms with Crippen molar-refractivity contribution in [3.63, 3.8) is 0 Å². The molecule has 34 heavy (non-hydrogen) atoms. The number of hydrogen-bond acceptors (Lipinski definition) is 4. The van der Waals surface area contributed by atoms with E-state index in [4.69, 9.17) is 9.47 Å². The normalized spacial score (nSPS) is 22.6. The number of carbonyl (C=O) groups is 2. The molecule has 4 rings (SSSR count). The summed E-state index contributed by atoms with van der Waals surface area (Å²) in [6.45, 7) is 5.94. The first-order chi connectivity index (χ1) is 16.1. The van der Waals surface area contributed by atoms with E-state index in [0.29, 0.717) is 25.8 Å². The van der Waals surface area contributed by atoms with Gasteiger partial charge in [-0.15, -0.1) is 0 Å². The third kappa shape index (κ3) is 5.38. The number of nitrogens with one attached hydrogen (secondary N) is 1. The quantitative estimate of drug-likeness (QED) is 0.714. The minimum Gasteiger partial charge on any atom is -0.444 e. The lowest BCUT2D eigenvalue weighted by Crippen LogP contribution is -2.51. The second-order valence-corrected chi connectivity index (χ2v) is 9.79. The van der Waals surface area contributed by atoms with Crippen LogP contribution in [0.1, 0.15) is 56.3 Å². The van der Waals surface area contributed by atoms with Crippen LogP contribution < -0.4 is 5.32 Å². The fraction of sp³-hybridized carbons (Fsp3) is 0.462. The number of fused-ring (bicyclic) bond motifs is 1. The fourth-order valence-electron chi connectivity index (χ4n) is 4.58. The van der Waals surface area contributed by atoms with Gasteiger partial charge in [-0.05, 0) is 57.2 Å². The van der Waals surface area contributed by atoms with Crippen LogP contribution in [0.3, 0.4) is 0 Å². The van der Waals surface area contributed by atoms with Gasteiger partial charge in [0.25, 0.3) is 5.91 Å². The van der Waals surface area contributed by atoms with Crippen LogP contribution in [-0.2, 0) is 20.7 Å². The monoisotopic (exact) mass is 472 g/mol. The third-order valence-corrected chi connectivity index (χ3v) is 6.10. The zero-order valence-electron chi connectivity index (χ0n) is 19.6. The zero-order chi connectivity index (χ0) is 24.5. The molecule has 6 nitrogen and oxygen atoms in total. The summed E-state index contributed by atoms with van der Waals surface area (Å²) in [4.78, 5) is 27.2. The lowest BCUT2D eigenvalue weighted by molar-refractivity contribution is -0.149. The first kappa shape index (κ1) is 24.1. The van der Waals surface area contributed by atoms with Gasteiger partial charge in [-0.1, -0.05) is 30.3 Å². The zero-order valence-corrected chi connectivity index (χ0v) is 19.6. The van der Waals surface area contributed by atoms with E-state index in [0.717, 1.165) is 17.2 Å². The Morgan fingerprint density at radius 2 is 1.85 bits per heavy atom. The topological polar surface area (TPSA) is 67.9 Å². The number of rotatable bonds is 3. The van der Waals surface area contributed by atoms with Gasteiger partial charge in [0.15, 0.2) is 0 Å². The van der Waals surface area contributed by atoms with E-state index >= 15 is 0 Å². The number of carbonyl (C=O) groups excluding carboxylic acids is 2. The van der Waals surface area contributed by atoms with Crippen LogP contribution in [0.15, 0.2) is 42.5 Å². The largest absolute Gasteiger partial charge is 0.444 e. The minimum atomic E-state index is -0.701. The predicted molar refractivity (Wildman–Crippen MR) is 122 cm³/mol. The highest BCUT2D eigenvalue weighted by molar-refractivity contribution is 5.82. The van der Waals surface area contributed by atoms with Crippen molar-refractivity contribution in [1.82, 2.24) is 10.2 Å². The molecule has 0 radical (unpaired) electrons. The second kappa shape index (κ2) is 9.70. The molecular weight excluding hydrogens is 442 g/mol. The lowest BCUT2D eigenvalue weighted by atomic mass is 9.87. The summed E-state index contributed by atoms with van der Waals surface area (Å²) in [5.74, 6) is -1.59. The number of benzene rings is 2. The number of ether oxygens (including phenoxy) is 2. The van der Waals surface area contributed by atoms with Crippen molar-refractivity contribution >= 4 is 12.0 Å². The van der Waals surface area contributed by atoms with Gasteiger partial charge >= 0.3 is 6.09 Å². The number of nitrogens with zero attached hydrogens (tertiary/aromatic N) is 1. The fourth-order valence-corrected chi connectivity index (χ4v) is 4.58. The maximum absolute atomic E-state index is 14.8. The average Bonchev–Trinajstić information content (AvgIpc) is 2.77. The number of amides is 2. The van der Waals surface area contributed by atoms with E-state index in [1.165, 1.54) is 12.1 Å². The molecule has 2 aromatic carbocycles. The maximum Gasteiger partial charge on any atom is 0.407 e. The van der Waals surface area contributed by atoms with Gasteiger partial charge in [0, 0.05) is 18.2 Å². The number of halogens is 2. The molecule has 3 atom stereocenters. The molecule has 1 unspecified atom stereocenters. The molecule has 2 aromatic rings. The van der Waals surface area contributed by atoms with Crippen LogP contribution in [0.5, 0.6) is 0 Å². The first-order valence-corrected chi connectivity index (χ1v) is 11.6. The summed E-state index contributed by atoms with van der Waals surface area (Å²) in [7, 11) is 0. The summed E-state index contributed by atoms with van der Waals surface area (Å²) in [5, 5.41) is 2.78. The Kier molecular flexibility index (Phi) is 6.89. The summed E-state index contributed by atoms with van der Waals surface area (Å²) in [5.41, 5.74) is 1.51. The number of hydrogen-bond donors (Lipinski definition) is 1. The molecule has 1 fully saturated rings. The second-order valence-electron chi connectivity index (χ2n) is 9.79. The molecule has 2 aliphatic heterocycles. The molecule has 0 bridgehead atoms. The smallest absolute Gasteiger partial charge is 0.407 e. The van der Waals surface area contributed by atoms with Crippen LogP contribution in [0, 0.1) is 11.6 Å². The van der Waals surface area contributed by atoms with E-state index < -0.39 is 35.5 Å². The van der Waals surface area contributed by atoms with Gasteiger partial charge in [-0.25, -0.2) is 13.6 Å². The molecule has 2 amide bonds. The Morgan fingerprint density at radius 1 is 1.09 bits per heavy atom. The molecular formula is C26H30F2N2O4. The standard InChI is InChI=1S/C26H30F2N2O4/c1-26(2,3)34-25(32)29-18-9-11-22(33-15-18)24(31)30-13-12-16-6-4-5-7-19(16)23(30)20-10-8-17(27)14-21(20)28/h4-8,10,14,18,22-23H,9,11-13,15H2,1-3H3,(H,29,32)/t18-,22+,23?/m1/s1. The van der Waals surface area contributed by atoms with Crippen LogP contribution in [0.4, 0.5) is 13.6 Å². The molecule has 2 aliphatic rings. The molecule has 1 saturated heterocycles. The van der Waals surface area contributed by atoms with E-state index in [-0.39, 0.29) is 24.1 Å². The highest BCUT2D eigenvalue weighted by Gasteiger charge is 2.38. The summed E-state index contributed by atoms with van der Waals surface area (Å²) < 4.78 is 39.6. The molecule has 0 spiro atoms. The van der Waals surface area contributed by atoms with Gasteiger partial charge in [0.1, 0.15) is 23.3 Å². The molecule has 0 saturated carbocycles. The third-order valence-electron chi connectivity index (χ3n) is 6.10. The van der Waals surface area contributed by atoms with Crippen molar-refractivity contribution in [2.24, 2.45) is 0 Å². The van der Waals surface area contributed by atoms with E-state index in [9.17, 15) is 18.4 Å². The van der Waals surface area contributed by atoms with Crippen molar-refractivity contribution in [3.05, 3.63) is 70.8 Å². The number of alkyl carbamates (subject to hydrolysis) is 1. The summed E-state index contributed by atoms with van der Waals surface area (Å²) in [6.07, 6.45) is 0.376. The van der Waals surface area contributed by atoms with Gasteiger partial charge in [-0.2, -0.15) is 0 Å². The summed E-state index contributed by atoms with van der Waals surface area (Å²) in [6, 6.07) is 10.1. The lowest BCUT2D eigenvalue weighted by Gasteiger charge is -2.40. The van der Waals surface area contributed by atoms with Crippen LogP contribution >= 0.6 is 0 Å². The van der Waals surface area contributed by atoms with E-state index in [2.05, 4.69) is 5.32 Å². The Balaban J connectivity index is 1.49. The van der Waals surface area contributed by atoms with Crippen molar-refractivity contribution in [1.29, 1.82) is 0 Å². The molecule has 0 aromatic heterocycles. The SMILES string of the molecule is CC(C)(C)OC(=O)N[C@@H]1CC[C@@H](C(=O)N2CCc3ccccc3C2c2ccc(F)cc2F)OC1. The van der Waals surface area contributed by atoms with Crippen molar-refractivity contribution in [3.8, 4) is 0 Å². The van der Waals surface area contributed by atoms with Crippen LogP contribution in [0.2, 0.25) is 0 Å². The van der Waals surface area contributed by atoms with Gasteiger partial charge < -0.3 is 19.7 Å². The summed E-state index contributed by atoms with van der Waals surface area (Å²) >= 11 is 0. The predicted octanol–water partition coefficient (Wildman–Crippen LogP) is 4.51. The van der Waals surface area contributed by atoms with Gasteiger partial charge in [-0.3, -0.25) is 4.79 Å².